The summed E-state index contributed by atoms with van der Waals surface area (Å²) in [6.45, 7) is 0.113. The van der Waals surface area contributed by atoms with Gasteiger partial charge in [0.25, 0.3) is 10.1 Å². The number of aliphatic hydroxyl groups excluding tert-OH is 1. The van der Waals surface area contributed by atoms with Gasteiger partial charge in [0, 0.05) is 13.0 Å². The zero-order chi connectivity index (χ0) is 16.9. The lowest BCUT2D eigenvalue weighted by Gasteiger charge is -2.31. The highest BCUT2D eigenvalue weighted by molar-refractivity contribution is 7.85. The number of carbonyl (C=O) groups is 1. The van der Waals surface area contributed by atoms with Crippen molar-refractivity contribution >= 4 is 16.0 Å². The van der Waals surface area contributed by atoms with Crippen LogP contribution in [0.1, 0.15) is 6.42 Å². The van der Waals surface area contributed by atoms with Crippen LogP contribution in [-0.4, -0.2) is 80.2 Å². The minimum absolute atomic E-state index is 0.00694. The van der Waals surface area contributed by atoms with Gasteiger partial charge in [0.15, 0.2) is 0 Å². The molecular formula is C10H20F3N2O5S+. The molecule has 0 aromatic rings. The van der Waals surface area contributed by atoms with Crippen molar-refractivity contribution < 1.29 is 40.5 Å². The maximum Gasteiger partial charge on any atom is 0.471 e. The first kappa shape index (κ1) is 20.1. The number of hydrogen-bond acceptors (Lipinski definition) is 4. The highest BCUT2D eigenvalue weighted by Crippen LogP contribution is 2.14. The molecule has 0 aromatic heterocycles. The summed E-state index contributed by atoms with van der Waals surface area (Å²) in [5, 5.41) is 11.2. The number of carbonyl (C=O) groups excluding carboxylic acids is 1. The quantitative estimate of drug-likeness (QED) is 0.311. The fourth-order valence-corrected chi connectivity index (χ4v) is 2.36. The Morgan fingerprint density at radius 2 is 1.86 bits per heavy atom. The third-order valence-corrected chi connectivity index (χ3v) is 3.40. The lowest BCUT2D eigenvalue weighted by molar-refractivity contribution is -0.893. The van der Waals surface area contributed by atoms with E-state index < -0.39 is 34.1 Å². The molecule has 0 radical (unpaired) electrons. The van der Waals surface area contributed by atoms with E-state index in [2.05, 4.69) is 0 Å². The number of halogens is 3. The number of rotatable bonds is 8. The molecule has 0 bridgehead atoms. The van der Waals surface area contributed by atoms with Crippen LogP contribution in [-0.2, 0) is 14.9 Å². The molecule has 0 aliphatic carbocycles. The van der Waals surface area contributed by atoms with E-state index in [4.69, 9.17) is 4.55 Å². The summed E-state index contributed by atoms with van der Waals surface area (Å²) in [6.07, 6.45) is -6.00. The van der Waals surface area contributed by atoms with E-state index in [0.717, 1.165) is 0 Å². The lowest BCUT2D eigenvalue weighted by atomic mass is 10.3. The first-order valence-corrected chi connectivity index (χ1v) is 7.64. The zero-order valence-corrected chi connectivity index (χ0v) is 12.5. The average molecular weight is 337 g/mol. The Morgan fingerprint density at radius 3 is 2.29 bits per heavy atom. The van der Waals surface area contributed by atoms with Crippen LogP contribution in [0.4, 0.5) is 13.2 Å². The molecule has 126 valence electrons. The van der Waals surface area contributed by atoms with Crippen molar-refractivity contribution in [3.63, 3.8) is 0 Å². The molecule has 0 saturated carbocycles. The SMILES string of the molecule is C[N+](C)(CCCNC(=O)C(F)(F)F)CC(O)CS(=O)(=O)O. The Labute approximate surface area is 121 Å². The third-order valence-electron chi connectivity index (χ3n) is 2.59. The van der Waals surface area contributed by atoms with Gasteiger partial charge < -0.3 is 14.9 Å². The largest absolute Gasteiger partial charge is 0.471 e. The van der Waals surface area contributed by atoms with E-state index in [1.54, 1.807) is 19.4 Å². The molecule has 7 nitrogen and oxygen atoms in total. The van der Waals surface area contributed by atoms with Gasteiger partial charge in [-0.1, -0.05) is 0 Å². The Balaban J connectivity index is 4.11. The van der Waals surface area contributed by atoms with Gasteiger partial charge in [0.05, 0.1) is 20.6 Å². The number of aliphatic hydroxyl groups is 1. The van der Waals surface area contributed by atoms with Crippen LogP contribution in [0.3, 0.4) is 0 Å². The molecule has 11 heteroatoms. The number of nitrogens with zero attached hydrogens (tertiary/aromatic N) is 1. The normalized spacial score (nSPS) is 14.8. The van der Waals surface area contributed by atoms with E-state index in [0.29, 0.717) is 6.54 Å². The highest BCUT2D eigenvalue weighted by Gasteiger charge is 2.38. The second-order valence-electron chi connectivity index (χ2n) is 5.35. The molecule has 1 amide bonds. The molecule has 1 atom stereocenters. The summed E-state index contributed by atoms with van der Waals surface area (Å²) in [5.41, 5.74) is 0. The minimum atomic E-state index is -4.92. The van der Waals surface area contributed by atoms with Gasteiger partial charge in [-0.15, -0.1) is 0 Å². The van der Waals surface area contributed by atoms with Crippen LogP contribution in [0.25, 0.3) is 0 Å². The Hall–Kier alpha value is -0.910. The average Bonchev–Trinajstić information content (AvgIpc) is 2.18. The van der Waals surface area contributed by atoms with Crippen LogP contribution in [0.2, 0.25) is 0 Å². The Kier molecular flexibility index (Phi) is 7.06. The van der Waals surface area contributed by atoms with Crippen molar-refractivity contribution in [2.75, 3.05) is 39.5 Å². The molecule has 0 aromatic carbocycles. The van der Waals surface area contributed by atoms with Crippen molar-refractivity contribution in [3.8, 4) is 0 Å². The summed E-state index contributed by atoms with van der Waals surface area (Å²) in [6, 6.07) is 0. The highest BCUT2D eigenvalue weighted by atomic mass is 32.2. The summed E-state index contributed by atoms with van der Waals surface area (Å²) in [4.78, 5) is 10.5. The van der Waals surface area contributed by atoms with Crippen LogP contribution >= 0.6 is 0 Å². The molecule has 0 heterocycles. The van der Waals surface area contributed by atoms with Crippen LogP contribution < -0.4 is 5.32 Å². The predicted molar refractivity (Wildman–Crippen MR) is 67.9 cm³/mol. The van der Waals surface area contributed by atoms with Gasteiger partial charge in [0.1, 0.15) is 18.4 Å². The Bertz CT molecular complexity index is 450. The second-order valence-corrected chi connectivity index (χ2v) is 6.85. The van der Waals surface area contributed by atoms with Crippen molar-refractivity contribution in [1.29, 1.82) is 0 Å². The standard InChI is InChI=1S/C10H19F3N2O5S/c1-15(2,6-8(16)7-21(18,19)20)5-3-4-14-9(17)10(11,12)13/h8,16H,3-7H2,1-2H3,(H-,14,17,18,19,20)/p+1. The number of likely N-dealkylation sites (N-methyl/N-ethyl adjacent to an activating group) is 1. The number of quaternary nitrogens is 1. The van der Waals surface area contributed by atoms with E-state index in [-0.39, 0.29) is 24.0 Å². The first-order chi connectivity index (χ1) is 9.23. The number of nitrogens with one attached hydrogen (secondary N) is 1. The van der Waals surface area contributed by atoms with Crippen molar-refractivity contribution in [2.24, 2.45) is 0 Å². The van der Waals surface area contributed by atoms with Crippen molar-refractivity contribution in [1.82, 2.24) is 5.32 Å². The van der Waals surface area contributed by atoms with Gasteiger partial charge in [-0.2, -0.15) is 21.6 Å². The summed E-state index contributed by atoms with van der Waals surface area (Å²) >= 11 is 0. The van der Waals surface area contributed by atoms with E-state index in [1.165, 1.54) is 0 Å². The maximum atomic E-state index is 11.9. The maximum absolute atomic E-state index is 11.9. The molecule has 0 spiro atoms. The van der Waals surface area contributed by atoms with Crippen LogP contribution in [0.5, 0.6) is 0 Å². The summed E-state index contributed by atoms with van der Waals surface area (Å²) < 4.78 is 65.6. The molecule has 21 heavy (non-hydrogen) atoms. The van der Waals surface area contributed by atoms with Gasteiger partial charge in [-0.05, 0) is 0 Å². The Morgan fingerprint density at radius 1 is 1.33 bits per heavy atom. The van der Waals surface area contributed by atoms with Crippen LogP contribution in [0, 0.1) is 0 Å². The fourth-order valence-electron chi connectivity index (χ4n) is 1.77. The number of amides is 1. The van der Waals surface area contributed by atoms with E-state index in [1.807, 2.05) is 0 Å². The van der Waals surface area contributed by atoms with Crippen molar-refractivity contribution in [3.05, 3.63) is 0 Å². The second kappa shape index (κ2) is 7.38. The topological polar surface area (TPSA) is 104 Å². The monoisotopic (exact) mass is 337 g/mol. The molecular weight excluding hydrogens is 317 g/mol. The number of alkyl halides is 3. The summed E-state index contributed by atoms with van der Waals surface area (Å²) in [7, 11) is -1.02. The van der Waals surface area contributed by atoms with Gasteiger partial charge in [0.2, 0.25) is 0 Å². The van der Waals surface area contributed by atoms with Crippen molar-refractivity contribution in [2.45, 2.75) is 18.7 Å². The molecule has 0 saturated heterocycles. The molecule has 0 aliphatic rings. The van der Waals surface area contributed by atoms with Crippen LogP contribution in [0.15, 0.2) is 0 Å². The predicted octanol–water partition coefficient (Wildman–Crippen LogP) is -0.620. The minimum Gasteiger partial charge on any atom is -0.386 e. The van der Waals surface area contributed by atoms with E-state index in [9.17, 15) is 31.5 Å². The smallest absolute Gasteiger partial charge is 0.386 e. The van der Waals surface area contributed by atoms with Gasteiger partial charge in [-0.3, -0.25) is 9.35 Å². The summed E-state index contributed by atoms with van der Waals surface area (Å²) in [5.74, 6) is -2.82. The molecule has 0 rings (SSSR count). The third kappa shape index (κ3) is 10.5. The molecule has 3 N–H and O–H groups in total. The van der Waals surface area contributed by atoms with Gasteiger partial charge in [-0.25, -0.2) is 0 Å². The lowest BCUT2D eigenvalue weighted by Crippen LogP contribution is -2.48. The van der Waals surface area contributed by atoms with E-state index >= 15 is 0 Å². The first-order valence-electron chi connectivity index (χ1n) is 6.03. The molecule has 0 fully saturated rings. The zero-order valence-electron chi connectivity index (χ0n) is 11.7. The molecule has 1 unspecified atom stereocenters. The van der Waals surface area contributed by atoms with Gasteiger partial charge >= 0.3 is 12.1 Å². The fraction of sp³-hybridized carbons (Fsp3) is 0.900. The molecule has 0 aliphatic heterocycles. The number of hydrogen-bond donors (Lipinski definition) is 3.